The molecule has 0 spiro atoms. The molecule has 1 aliphatic carbocycles. The van der Waals surface area contributed by atoms with Gasteiger partial charge in [-0.05, 0) is 43.9 Å². The molecule has 0 atom stereocenters. The summed E-state index contributed by atoms with van der Waals surface area (Å²) in [4.78, 5) is 38.4. The number of rotatable bonds is 5. The molecule has 1 fully saturated rings. The van der Waals surface area contributed by atoms with Crippen LogP contribution in [-0.2, 0) is 14.4 Å². The summed E-state index contributed by atoms with van der Waals surface area (Å²) < 4.78 is 0. The quantitative estimate of drug-likeness (QED) is 0.848. The van der Waals surface area contributed by atoms with Crippen LogP contribution in [0.1, 0.15) is 50.2 Å². The Balaban J connectivity index is 2.05. The average Bonchev–Trinajstić information content (AvgIpc) is 2.58. The summed E-state index contributed by atoms with van der Waals surface area (Å²) in [5.74, 6) is -0.652. The highest BCUT2D eigenvalue weighted by Gasteiger charge is 2.42. The second-order valence-electron chi connectivity index (χ2n) is 7.28. The molecule has 0 aromatic heterocycles. The Labute approximate surface area is 155 Å². The van der Waals surface area contributed by atoms with Crippen molar-refractivity contribution >= 4 is 23.4 Å². The lowest BCUT2D eigenvalue weighted by molar-refractivity contribution is -0.143. The minimum absolute atomic E-state index is 0.0481. The monoisotopic (exact) mass is 359 g/mol. The lowest BCUT2D eigenvalue weighted by atomic mass is 9.80. The molecule has 0 heterocycles. The normalized spacial score (nSPS) is 15.8. The van der Waals surface area contributed by atoms with Gasteiger partial charge in [0, 0.05) is 19.7 Å². The molecule has 2 rings (SSSR count). The number of likely N-dealkylation sites (N-methyl/N-ethyl adjacent to an activating group) is 1. The zero-order valence-electron chi connectivity index (χ0n) is 16.1. The van der Waals surface area contributed by atoms with E-state index in [1.807, 2.05) is 32.0 Å². The Morgan fingerprint density at radius 2 is 1.77 bits per heavy atom. The van der Waals surface area contributed by atoms with E-state index in [1.54, 1.807) is 7.05 Å². The lowest BCUT2D eigenvalue weighted by Gasteiger charge is -2.38. The van der Waals surface area contributed by atoms with E-state index in [2.05, 4.69) is 10.6 Å². The highest BCUT2D eigenvalue weighted by Crippen LogP contribution is 2.30. The number of carbonyl (C=O) groups excluding carboxylic acids is 3. The van der Waals surface area contributed by atoms with Gasteiger partial charge >= 0.3 is 0 Å². The first-order valence-corrected chi connectivity index (χ1v) is 9.15. The lowest BCUT2D eigenvalue weighted by Crippen LogP contribution is -2.60. The van der Waals surface area contributed by atoms with Crippen molar-refractivity contribution in [3.05, 3.63) is 29.3 Å². The third-order valence-corrected chi connectivity index (χ3v) is 5.14. The van der Waals surface area contributed by atoms with Crippen molar-refractivity contribution in [3.63, 3.8) is 0 Å². The number of benzene rings is 1. The van der Waals surface area contributed by atoms with Crippen LogP contribution in [0.5, 0.6) is 0 Å². The Hall–Kier alpha value is -2.37. The molecule has 1 saturated carbocycles. The van der Waals surface area contributed by atoms with Crippen LogP contribution < -0.4 is 10.6 Å². The predicted molar refractivity (Wildman–Crippen MR) is 102 cm³/mol. The van der Waals surface area contributed by atoms with Crippen LogP contribution in [0.2, 0.25) is 0 Å². The van der Waals surface area contributed by atoms with Gasteiger partial charge in [-0.3, -0.25) is 14.4 Å². The van der Waals surface area contributed by atoms with Gasteiger partial charge in [-0.1, -0.05) is 31.4 Å². The topological polar surface area (TPSA) is 78.5 Å². The summed E-state index contributed by atoms with van der Waals surface area (Å²) in [5.41, 5.74) is 1.99. The van der Waals surface area contributed by atoms with E-state index in [-0.39, 0.29) is 24.3 Å². The van der Waals surface area contributed by atoms with Crippen molar-refractivity contribution in [1.82, 2.24) is 10.2 Å². The molecule has 0 radical (unpaired) electrons. The molecule has 0 saturated heterocycles. The number of hydrogen-bond donors (Lipinski definition) is 2. The van der Waals surface area contributed by atoms with E-state index in [1.165, 1.54) is 11.8 Å². The van der Waals surface area contributed by atoms with Crippen molar-refractivity contribution in [2.45, 2.75) is 58.4 Å². The SMILES string of the molecule is CC(=O)NC1(C(=O)N(C)CC(=O)Nc2cccc(C)c2C)CCCCC1. The second-order valence-corrected chi connectivity index (χ2v) is 7.28. The molecule has 1 aliphatic rings. The highest BCUT2D eigenvalue weighted by molar-refractivity contribution is 5.97. The zero-order valence-corrected chi connectivity index (χ0v) is 16.1. The highest BCUT2D eigenvalue weighted by atomic mass is 16.2. The number of anilines is 1. The summed E-state index contributed by atoms with van der Waals surface area (Å²) in [6.07, 6.45) is 4.09. The molecule has 142 valence electrons. The third kappa shape index (κ3) is 4.62. The number of hydrogen-bond acceptors (Lipinski definition) is 3. The average molecular weight is 359 g/mol. The largest absolute Gasteiger partial charge is 0.342 e. The van der Waals surface area contributed by atoms with Gasteiger partial charge in [0.15, 0.2) is 0 Å². The molecule has 26 heavy (non-hydrogen) atoms. The van der Waals surface area contributed by atoms with Crippen LogP contribution in [0.15, 0.2) is 18.2 Å². The van der Waals surface area contributed by atoms with E-state index in [4.69, 9.17) is 0 Å². The molecule has 0 aliphatic heterocycles. The first-order valence-electron chi connectivity index (χ1n) is 9.15. The summed E-state index contributed by atoms with van der Waals surface area (Å²) in [7, 11) is 1.61. The minimum atomic E-state index is -0.877. The molecule has 2 N–H and O–H groups in total. The van der Waals surface area contributed by atoms with Gasteiger partial charge in [0.25, 0.3) is 0 Å². The van der Waals surface area contributed by atoms with Gasteiger partial charge in [0.05, 0.1) is 6.54 Å². The van der Waals surface area contributed by atoms with E-state index >= 15 is 0 Å². The summed E-state index contributed by atoms with van der Waals surface area (Å²) >= 11 is 0. The van der Waals surface area contributed by atoms with E-state index < -0.39 is 5.54 Å². The minimum Gasteiger partial charge on any atom is -0.342 e. The Bertz CT molecular complexity index is 694. The van der Waals surface area contributed by atoms with E-state index in [0.717, 1.165) is 36.1 Å². The van der Waals surface area contributed by atoms with E-state index in [0.29, 0.717) is 12.8 Å². The van der Waals surface area contributed by atoms with Crippen LogP contribution in [-0.4, -0.2) is 41.8 Å². The first-order chi connectivity index (χ1) is 12.2. The molecule has 0 bridgehead atoms. The van der Waals surface area contributed by atoms with Gasteiger partial charge < -0.3 is 15.5 Å². The number of amides is 3. The summed E-state index contributed by atoms with van der Waals surface area (Å²) in [5, 5.41) is 5.73. The van der Waals surface area contributed by atoms with Crippen molar-refractivity contribution in [1.29, 1.82) is 0 Å². The summed E-state index contributed by atoms with van der Waals surface area (Å²) in [6, 6.07) is 5.73. The second kappa shape index (κ2) is 8.34. The van der Waals surface area contributed by atoms with Gasteiger partial charge in [-0.15, -0.1) is 0 Å². The number of aryl methyl sites for hydroxylation is 1. The summed E-state index contributed by atoms with van der Waals surface area (Å²) in [6.45, 7) is 5.32. The number of nitrogens with one attached hydrogen (secondary N) is 2. The van der Waals surface area contributed by atoms with Gasteiger partial charge in [0.2, 0.25) is 17.7 Å². The third-order valence-electron chi connectivity index (χ3n) is 5.14. The van der Waals surface area contributed by atoms with Gasteiger partial charge in [-0.2, -0.15) is 0 Å². The molecule has 6 heteroatoms. The molecular weight excluding hydrogens is 330 g/mol. The maximum Gasteiger partial charge on any atom is 0.248 e. The fourth-order valence-corrected chi connectivity index (χ4v) is 3.61. The van der Waals surface area contributed by atoms with Crippen molar-refractivity contribution < 1.29 is 14.4 Å². The number of carbonyl (C=O) groups is 3. The fraction of sp³-hybridized carbons (Fsp3) is 0.550. The zero-order chi connectivity index (χ0) is 19.3. The Morgan fingerprint density at radius 1 is 1.12 bits per heavy atom. The van der Waals surface area contributed by atoms with Crippen LogP contribution in [0.25, 0.3) is 0 Å². The van der Waals surface area contributed by atoms with Gasteiger partial charge in [0.1, 0.15) is 5.54 Å². The molecular formula is C20H29N3O3. The fourth-order valence-electron chi connectivity index (χ4n) is 3.61. The molecule has 3 amide bonds. The first kappa shape index (κ1) is 19.9. The Kier molecular flexibility index (Phi) is 6.40. The van der Waals surface area contributed by atoms with Crippen LogP contribution in [0.4, 0.5) is 5.69 Å². The molecule has 6 nitrogen and oxygen atoms in total. The standard InChI is InChI=1S/C20H29N3O3/c1-14-9-8-10-17(15(14)2)21-18(25)13-23(4)19(26)20(22-16(3)24)11-6-5-7-12-20/h8-10H,5-7,11-13H2,1-4H3,(H,21,25)(H,22,24). The maximum absolute atomic E-state index is 13.0. The van der Waals surface area contributed by atoms with Crippen LogP contribution in [0.3, 0.4) is 0 Å². The van der Waals surface area contributed by atoms with Crippen molar-refractivity contribution in [2.75, 3.05) is 18.9 Å². The predicted octanol–water partition coefficient (Wildman–Crippen LogP) is 2.54. The smallest absolute Gasteiger partial charge is 0.248 e. The molecule has 1 aromatic rings. The van der Waals surface area contributed by atoms with Crippen molar-refractivity contribution in [3.8, 4) is 0 Å². The van der Waals surface area contributed by atoms with E-state index in [9.17, 15) is 14.4 Å². The molecule has 1 aromatic carbocycles. The van der Waals surface area contributed by atoms with Crippen LogP contribution in [0, 0.1) is 13.8 Å². The van der Waals surface area contributed by atoms with Crippen molar-refractivity contribution in [2.24, 2.45) is 0 Å². The maximum atomic E-state index is 13.0. The number of nitrogens with zero attached hydrogens (tertiary/aromatic N) is 1. The Morgan fingerprint density at radius 3 is 2.38 bits per heavy atom. The molecule has 0 unspecified atom stereocenters. The van der Waals surface area contributed by atoms with Gasteiger partial charge in [-0.25, -0.2) is 0 Å². The van der Waals surface area contributed by atoms with Crippen LogP contribution >= 0.6 is 0 Å².